The number of allylic oxidation sites excluding steroid dienone is 3. The van der Waals surface area contributed by atoms with Gasteiger partial charge in [0.25, 0.3) is 5.91 Å². The number of rotatable bonds is 11. The Labute approximate surface area is 202 Å². The molecule has 10 heteroatoms. The molecule has 6 nitrogen and oxygen atoms in total. The minimum Gasteiger partial charge on any atom is -0.374 e. The van der Waals surface area contributed by atoms with E-state index in [1.54, 1.807) is 31.0 Å². The van der Waals surface area contributed by atoms with Crippen molar-refractivity contribution < 1.29 is 18.0 Å². The molecule has 0 aliphatic rings. The lowest BCUT2D eigenvalue weighted by atomic mass is 10.1. The molecule has 34 heavy (non-hydrogen) atoms. The van der Waals surface area contributed by atoms with Crippen LogP contribution in [0.15, 0.2) is 48.2 Å². The standard InChI is InChI=1S/C22H29F3N5OP.C2H6/c1-4-6-8-30(3)19(10-23)17(7-5-2)29-21(31)20-27-13-18(28-20)15-9-16(12-26-11-15)22(25,32)14-24;1-2/h5,7,9,11-13H,4,6,8,10,14,32H2,1-3H3,(H,27,28)(H,29,31);1-2H3/b7-5-,19-17-;. The molecule has 0 fully saturated rings. The van der Waals surface area contributed by atoms with Crippen molar-refractivity contribution in [3.8, 4) is 11.3 Å². The van der Waals surface area contributed by atoms with E-state index in [1.807, 2.05) is 30.0 Å². The van der Waals surface area contributed by atoms with Crippen LogP contribution in [-0.4, -0.2) is 52.7 Å². The van der Waals surface area contributed by atoms with Crippen LogP contribution in [0.3, 0.4) is 0 Å². The summed E-state index contributed by atoms with van der Waals surface area (Å²) in [7, 11) is 3.61. The SMILES string of the molecule is C/C=C\C(NC(=O)c1ncc(-c2cncc(C(F)(P)CF)c2)[nH]1)=C(/CF)N(C)CCCC.CC. The molecule has 2 unspecified atom stereocenters. The number of aromatic amines is 1. The number of unbranched alkanes of at least 4 members (excludes halogenated alkanes) is 1. The number of hydrogen-bond acceptors (Lipinski definition) is 4. The van der Waals surface area contributed by atoms with E-state index in [-0.39, 0.29) is 11.4 Å². The minimum atomic E-state index is -2.25. The average Bonchev–Trinajstić information content (AvgIpc) is 3.35. The molecule has 0 bridgehead atoms. The van der Waals surface area contributed by atoms with Gasteiger partial charge in [0.2, 0.25) is 0 Å². The smallest absolute Gasteiger partial charge is 0.291 e. The molecule has 188 valence electrons. The fourth-order valence-electron chi connectivity index (χ4n) is 2.94. The van der Waals surface area contributed by atoms with Crippen LogP contribution in [0.1, 0.15) is 56.7 Å². The van der Waals surface area contributed by atoms with E-state index in [1.165, 1.54) is 24.7 Å². The van der Waals surface area contributed by atoms with E-state index in [9.17, 15) is 18.0 Å². The number of aromatic nitrogens is 3. The summed E-state index contributed by atoms with van der Waals surface area (Å²) in [4.78, 5) is 25.4. The number of pyridine rings is 1. The number of carbonyl (C=O) groups is 1. The summed E-state index contributed by atoms with van der Waals surface area (Å²) in [5, 5.41) is 0.454. The van der Waals surface area contributed by atoms with Crippen LogP contribution in [0.5, 0.6) is 0 Å². The first-order valence-corrected chi connectivity index (χ1v) is 11.8. The summed E-state index contributed by atoms with van der Waals surface area (Å²) in [5.41, 5.74) is 1.60. The number of amides is 1. The molecule has 0 aromatic carbocycles. The summed E-state index contributed by atoms with van der Waals surface area (Å²) in [6.07, 6.45) is 9.28. The molecule has 2 aromatic rings. The van der Waals surface area contributed by atoms with E-state index in [4.69, 9.17) is 0 Å². The zero-order chi connectivity index (χ0) is 25.7. The fourth-order valence-corrected chi connectivity index (χ4v) is 3.10. The Kier molecular flexibility index (Phi) is 12.6. The number of carbonyl (C=O) groups excluding carboxylic acids is 1. The second-order valence-electron chi connectivity index (χ2n) is 7.33. The zero-order valence-corrected chi connectivity index (χ0v) is 21.6. The van der Waals surface area contributed by atoms with E-state index >= 15 is 0 Å². The largest absolute Gasteiger partial charge is 0.374 e. The van der Waals surface area contributed by atoms with Crippen molar-refractivity contribution in [3.63, 3.8) is 0 Å². The summed E-state index contributed by atoms with van der Waals surface area (Å²) in [6.45, 7) is 6.52. The Bertz CT molecular complexity index is 975. The van der Waals surface area contributed by atoms with Crippen LogP contribution >= 0.6 is 9.24 Å². The van der Waals surface area contributed by atoms with E-state index in [2.05, 4.69) is 20.3 Å². The second-order valence-corrected chi connectivity index (χ2v) is 8.24. The van der Waals surface area contributed by atoms with Gasteiger partial charge in [-0.25, -0.2) is 18.2 Å². The van der Waals surface area contributed by atoms with Gasteiger partial charge in [0.15, 0.2) is 11.2 Å². The van der Waals surface area contributed by atoms with Crippen molar-refractivity contribution in [1.82, 2.24) is 25.2 Å². The van der Waals surface area contributed by atoms with Crippen molar-refractivity contribution in [2.24, 2.45) is 0 Å². The molecule has 2 heterocycles. The average molecular weight is 498 g/mol. The molecular formula is C24H35F3N5OP. The Hall–Kier alpha value is -2.67. The Morgan fingerprint density at radius 3 is 2.59 bits per heavy atom. The summed E-state index contributed by atoms with van der Waals surface area (Å²) in [6, 6.07) is 1.43. The van der Waals surface area contributed by atoms with Gasteiger partial charge in [-0.05, 0) is 25.5 Å². The normalized spacial score (nSPS) is 13.6. The maximum Gasteiger partial charge on any atom is 0.291 e. The maximum atomic E-state index is 14.3. The van der Waals surface area contributed by atoms with Gasteiger partial charge in [-0.15, -0.1) is 0 Å². The van der Waals surface area contributed by atoms with E-state index in [0.717, 1.165) is 12.8 Å². The van der Waals surface area contributed by atoms with Crippen LogP contribution in [0.4, 0.5) is 13.2 Å². The summed E-state index contributed by atoms with van der Waals surface area (Å²) >= 11 is 0. The van der Waals surface area contributed by atoms with Gasteiger partial charge < -0.3 is 15.2 Å². The third-order valence-corrected chi connectivity index (χ3v) is 5.33. The molecule has 2 aromatic heterocycles. The molecule has 0 saturated heterocycles. The van der Waals surface area contributed by atoms with Gasteiger partial charge in [0, 0.05) is 37.1 Å². The highest BCUT2D eigenvalue weighted by Crippen LogP contribution is 2.34. The number of imidazole rings is 1. The second kappa shape index (κ2) is 14.6. The lowest BCUT2D eigenvalue weighted by Crippen LogP contribution is -2.30. The van der Waals surface area contributed by atoms with Gasteiger partial charge >= 0.3 is 0 Å². The highest BCUT2D eigenvalue weighted by Gasteiger charge is 2.27. The lowest BCUT2D eigenvalue weighted by molar-refractivity contribution is 0.0956. The quantitative estimate of drug-likeness (QED) is 0.309. The third kappa shape index (κ3) is 7.97. The molecule has 0 radical (unpaired) electrons. The number of H-pyrrole nitrogens is 1. The van der Waals surface area contributed by atoms with Gasteiger partial charge in [-0.2, -0.15) is 0 Å². The van der Waals surface area contributed by atoms with Crippen LogP contribution in [0.25, 0.3) is 11.3 Å². The van der Waals surface area contributed by atoms with Crippen molar-refractivity contribution in [2.45, 2.75) is 45.9 Å². The van der Waals surface area contributed by atoms with Crippen molar-refractivity contribution in [3.05, 3.63) is 59.6 Å². The third-order valence-electron chi connectivity index (χ3n) is 4.84. The first-order chi connectivity index (χ1) is 16.3. The number of alkyl halides is 3. The minimum absolute atomic E-state index is 0.00953. The summed E-state index contributed by atoms with van der Waals surface area (Å²) in [5.74, 6) is -0.567. The molecule has 2 N–H and O–H groups in total. The zero-order valence-electron chi connectivity index (χ0n) is 20.5. The van der Waals surface area contributed by atoms with Crippen molar-refractivity contribution >= 4 is 15.1 Å². The number of nitrogens with one attached hydrogen (secondary N) is 2. The van der Waals surface area contributed by atoms with Crippen LogP contribution in [0.2, 0.25) is 0 Å². The van der Waals surface area contributed by atoms with Crippen LogP contribution < -0.4 is 5.32 Å². The predicted octanol–water partition coefficient (Wildman–Crippen LogP) is 5.68. The topological polar surface area (TPSA) is 73.9 Å². The van der Waals surface area contributed by atoms with Gasteiger partial charge in [0.1, 0.15) is 13.3 Å². The Morgan fingerprint density at radius 1 is 1.29 bits per heavy atom. The van der Waals surface area contributed by atoms with Crippen molar-refractivity contribution in [1.29, 1.82) is 0 Å². The molecule has 1 amide bonds. The molecule has 2 atom stereocenters. The maximum absolute atomic E-state index is 14.3. The Morgan fingerprint density at radius 2 is 2.00 bits per heavy atom. The monoisotopic (exact) mass is 497 g/mol. The Balaban J connectivity index is 0.00000281. The molecular weight excluding hydrogens is 462 g/mol. The molecule has 0 aliphatic carbocycles. The number of hydrogen-bond donors (Lipinski definition) is 2. The number of nitrogens with zero attached hydrogens (tertiary/aromatic N) is 3. The van der Waals surface area contributed by atoms with Gasteiger partial charge in [0.05, 0.1) is 23.3 Å². The molecule has 2 rings (SSSR count). The lowest BCUT2D eigenvalue weighted by Gasteiger charge is -2.23. The number of halogens is 3. The fraction of sp³-hybridized carbons (Fsp3) is 0.458. The molecule has 0 spiro atoms. The molecule has 0 saturated carbocycles. The van der Waals surface area contributed by atoms with Crippen LogP contribution in [-0.2, 0) is 5.41 Å². The molecule has 0 aliphatic heterocycles. The highest BCUT2D eigenvalue weighted by atomic mass is 31.0. The van der Waals surface area contributed by atoms with E-state index in [0.29, 0.717) is 29.2 Å². The van der Waals surface area contributed by atoms with Crippen molar-refractivity contribution in [2.75, 3.05) is 26.9 Å². The predicted molar refractivity (Wildman–Crippen MR) is 134 cm³/mol. The highest BCUT2D eigenvalue weighted by molar-refractivity contribution is 7.18. The van der Waals surface area contributed by atoms with Gasteiger partial charge in [-0.1, -0.05) is 42.5 Å². The first-order valence-electron chi connectivity index (χ1n) is 11.3. The first kappa shape index (κ1) is 29.4. The summed E-state index contributed by atoms with van der Waals surface area (Å²) < 4.78 is 41.0. The van der Waals surface area contributed by atoms with Crippen LogP contribution in [0, 0.1) is 0 Å². The van der Waals surface area contributed by atoms with E-state index < -0.39 is 24.7 Å². The van der Waals surface area contributed by atoms with Gasteiger partial charge in [-0.3, -0.25) is 9.78 Å².